The fourth-order valence-corrected chi connectivity index (χ4v) is 0.903. The molecule has 2 nitrogen and oxygen atoms in total. The quantitative estimate of drug-likeness (QED) is 0.682. The highest BCUT2D eigenvalue weighted by Crippen LogP contribution is 2.17. The Bertz CT molecular complexity index is 171. The molecule has 70 valence electrons. The topological polar surface area (TPSA) is 21.3 Å². The monoisotopic (exact) mass is 169 g/mol. The lowest BCUT2D eigenvalue weighted by atomic mass is 10.0. The predicted octanol–water partition coefficient (Wildman–Crippen LogP) is 2.44. The number of ether oxygens (including phenoxy) is 1. The van der Waals surface area contributed by atoms with Crippen LogP contribution in [-0.2, 0) is 4.74 Å². The summed E-state index contributed by atoms with van der Waals surface area (Å²) in [5, 5.41) is 3.07. The minimum absolute atomic E-state index is 0.260. The van der Waals surface area contributed by atoms with Gasteiger partial charge in [-0.25, -0.2) is 0 Å². The van der Waals surface area contributed by atoms with Crippen molar-refractivity contribution in [1.29, 1.82) is 0 Å². The summed E-state index contributed by atoms with van der Waals surface area (Å²) in [5.74, 6) is 0. The van der Waals surface area contributed by atoms with Crippen LogP contribution in [0.2, 0.25) is 0 Å². The molecule has 0 aromatic heterocycles. The molecule has 0 aliphatic rings. The van der Waals surface area contributed by atoms with Crippen LogP contribution in [-0.4, -0.2) is 12.7 Å². The van der Waals surface area contributed by atoms with E-state index in [1.54, 1.807) is 13.3 Å². The maximum absolute atomic E-state index is 5.33. The molecule has 0 atom stereocenters. The lowest BCUT2D eigenvalue weighted by molar-refractivity contribution is 0.0505. The van der Waals surface area contributed by atoms with Gasteiger partial charge in [-0.15, -0.1) is 0 Å². The molecule has 2 heteroatoms. The molecule has 0 heterocycles. The molecule has 0 unspecified atom stereocenters. The summed E-state index contributed by atoms with van der Waals surface area (Å²) in [6.07, 6.45) is 4.76. The third-order valence-electron chi connectivity index (χ3n) is 1.82. The van der Waals surface area contributed by atoms with E-state index in [4.69, 9.17) is 4.74 Å². The third-order valence-corrected chi connectivity index (χ3v) is 1.82. The number of methoxy groups -OCH3 is 1. The highest BCUT2D eigenvalue weighted by molar-refractivity contribution is 5.13. The van der Waals surface area contributed by atoms with E-state index in [-0.39, 0.29) is 5.60 Å². The summed E-state index contributed by atoms with van der Waals surface area (Å²) >= 11 is 0. The summed E-state index contributed by atoms with van der Waals surface area (Å²) in [6, 6.07) is 0. The summed E-state index contributed by atoms with van der Waals surface area (Å²) < 4.78 is 5.33. The molecule has 0 aromatic carbocycles. The van der Waals surface area contributed by atoms with E-state index in [0.29, 0.717) is 0 Å². The Morgan fingerprint density at radius 1 is 1.58 bits per heavy atom. The molecule has 0 radical (unpaired) electrons. The van der Waals surface area contributed by atoms with Gasteiger partial charge in [-0.2, -0.15) is 0 Å². The van der Waals surface area contributed by atoms with Crippen LogP contribution in [0, 0.1) is 0 Å². The maximum atomic E-state index is 5.33. The van der Waals surface area contributed by atoms with Crippen LogP contribution in [0.25, 0.3) is 0 Å². The van der Waals surface area contributed by atoms with Gasteiger partial charge in [-0.1, -0.05) is 19.6 Å². The molecule has 1 N–H and O–H groups in total. The van der Waals surface area contributed by atoms with E-state index in [1.807, 2.05) is 13.8 Å². The van der Waals surface area contributed by atoms with E-state index in [9.17, 15) is 0 Å². The number of hydrogen-bond donors (Lipinski definition) is 1. The lowest BCUT2D eigenvalue weighted by Gasteiger charge is -2.26. The minimum atomic E-state index is -0.260. The van der Waals surface area contributed by atoms with E-state index >= 15 is 0 Å². The highest BCUT2D eigenvalue weighted by Gasteiger charge is 2.20. The summed E-state index contributed by atoms with van der Waals surface area (Å²) in [6.45, 7) is 9.75. The van der Waals surface area contributed by atoms with Crippen LogP contribution in [0.4, 0.5) is 0 Å². The Morgan fingerprint density at radius 3 is 2.50 bits per heavy atom. The van der Waals surface area contributed by atoms with Crippen molar-refractivity contribution in [2.45, 2.75) is 32.8 Å². The van der Waals surface area contributed by atoms with Crippen molar-refractivity contribution in [3.05, 3.63) is 24.6 Å². The van der Waals surface area contributed by atoms with Gasteiger partial charge in [0.1, 0.15) is 5.60 Å². The Kier molecular flexibility index (Phi) is 4.67. The van der Waals surface area contributed by atoms with Crippen molar-refractivity contribution in [2.75, 3.05) is 7.11 Å². The molecule has 0 rings (SSSR count). The fourth-order valence-electron chi connectivity index (χ4n) is 0.903. The van der Waals surface area contributed by atoms with E-state index in [1.165, 1.54) is 0 Å². The standard InChI is InChI=1S/C10H19NO/c1-6-8-9(11-7-2)10(3,4)12-5/h7-8,11H,2,6H2,1,3-5H3/b9-8+. The Labute approximate surface area is 75.3 Å². The maximum Gasteiger partial charge on any atom is 0.101 e. The molecule has 0 amide bonds. The fraction of sp³-hybridized carbons (Fsp3) is 0.600. The first-order chi connectivity index (χ1) is 5.58. The van der Waals surface area contributed by atoms with Gasteiger partial charge < -0.3 is 10.1 Å². The van der Waals surface area contributed by atoms with Crippen LogP contribution in [0.3, 0.4) is 0 Å². The van der Waals surface area contributed by atoms with Gasteiger partial charge in [-0.05, 0) is 26.5 Å². The first-order valence-electron chi connectivity index (χ1n) is 4.21. The minimum Gasteiger partial charge on any atom is -0.373 e. The molecule has 12 heavy (non-hydrogen) atoms. The molecular weight excluding hydrogens is 150 g/mol. The van der Waals surface area contributed by atoms with Gasteiger partial charge in [0.05, 0.1) is 0 Å². The van der Waals surface area contributed by atoms with Crippen LogP contribution in [0.5, 0.6) is 0 Å². The van der Waals surface area contributed by atoms with Crippen LogP contribution in [0.1, 0.15) is 27.2 Å². The van der Waals surface area contributed by atoms with Crippen LogP contribution in [0.15, 0.2) is 24.6 Å². The third kappa shape index (κ3) is 3.09. The SMILES string of the molecule is C=CN/C(=C/CC)C(C)(C)OC. The van der Waals surface area contributed by atoms with E-state index in [0.717, 1.165) is 12.1 Å². The Balaban J connectivity index is 4.49. The normalized spacial score (nSPS) is 12.8. The molecule has 0 aliphatic carbocycles. The van der Waals surface area contributed by atoms with Crippen molar-refractivity contribution >= 4 is 0 Å². The molecular formula is C10H19NO. The lowest BCUT2D eigenvalue weighted by Crippen LogP contribution is -2.31. The van der Waals surface area contributed by atoms with Gasteiger partial charge >= 0.3 is 0 Å². The average molecular weight is 169 g/mol. The Morgan fingerprint density at radius 2 is 2.17 bits per heavy atom. The van der Waals surface area contributed by atoms with Crippen molar-refractivity contribution in [1.82, 2.24) is 5.32 Å². The number of nitrogens with one attached hydrogen (secondary N) is 1. The number of hydrogen-bond acceptors (Lipinski definition) is 2. The zero-order valence-corrected chi connectivity index (χ0v) is 8.48. The van der Waals surface area contributed by atoms with Gasteiger partial charge in [0.15, 0.2) is 0 Å². The highest BCUT2D eigenvalue weighted by atomic mass is 16.5. The van der Waals surface area contributed by atoms with Gasteiger partial charge in [0.25, 0.3) is 0 Å². The predicted molar refractivity (Wildman–Crippen MR) is 52.8 cm³/mol. The second-order valence-corrected chi connectivity index (χ2v) is 3.09. The summed E-state index contributed by atoms with van der Waals surface area (Å²) in [4.78, 5) is 0. The molecule has 0 saturated heterocycles. The largest absolute Gasteiger partial charge is 0.373 e. The second kappa shape index (κ2) is 4.99. The van der Waals surface area contributed by atoms with Crippen molar-refractivity contribution in [2.24, 2.45) is 0 Å². The average Bonchev–Trinajstić information content (AvgIpc) is 2.04. The zero-order valence-electron chi connectivity index (χ0n) is 8.48. The van der Waals surface area contributed by atoms with Crippen molar-refractivity contribution < 1.29 is 4.74 Å². The molecule has 0 fully saturated rings. The van der Waals surface area contributed by atoms with Crippen LogP contribution >= 0.6 is 0 Å². The van der Waals surface area contributed by atoms with Gasteiger partial charge in [0, 0.05) is 12.8 Å². The molecule has 0 aliphatic heterocycles. The molecule has 0 saturated carbocycles. The first-order valence-corrected chi connectivity index (χ1v) is 4.21. The Hall–Kier alpha value is -0.760. The van der Waals surface area contributed by atoms with E-state index in [2.05, 4.69) is 24.9 Å². The van der Waals surface area contributed by atoms with Gasteiger partial charge in [-0.3, -0.25) is 0 Å². The summed E-state index contributed by atoms with van der Waals surface area (Å²) in [5.41, 5.74) is 0.798. The molecule has 0 bridgehead atoms. The number of rotatable bonds is 5. The van der Waals surface area contributed by atoms with Crippen LogP contribution < -0.4 is 5.32 Å². The second-order valence-electron chi connectivity index (χ2n) is 3.09. The first kappa shape index (κ1) is 11.2. The zero-order chi connectivity index (χ0) is 9.61. The molecule has 0 spiro atoms. The van der Waals surface area contributed by atoms with Crippen molar-refractivity contribution in [3.63, 3.8) is 0 Å². The summed E-state index contributed by atoms with van der Waals surface area (Å²) in [7, 11) is 1.70. The van der Waals surface area contributed by atoms with Gasteiger partial charge in [0.2, 0.25) is 0 Å². The van der Waals surface area contributed by atoms with Crippen molar-refractivity contribution in [3.8, 4) is 0 Å². The molecule has 0 aromatic rings. The smallest absolute Gasteiger partial charge is 0.101 e. The number of allylic oxidation sites excluding steroid dienone is 1. The van der Waals surface area contributed by atoms with E-state index < -0.39 is 0 Å².